The molecular formula is C15H13NO4. The van der Waals surface area contributed by atoms with Crippen molar-refractivity contribution in [2.24, 2.45) is 0 Å². The molecule has 5 heteroatoms. The fourth-order valence-corrected chi connectivity index (χ4v) is 2.83. The summed E-state index contributed by atoms with van der Waals surface area (Å²) in [7, 11) is 0. The SMILES string of the molecule is O=C(O)c1c(C(=O)O)c(C2=CC=CCC2)n2c1CC=C2. The third-order valence-electron chi connectivity index (χ3n) is 3.62. The number of carbonyl (C=O) groups is 2. The Balaban J connectivity index is 2.32. The highest BCUT2D eigenvalue weighted by Gasteiger charge is 2.32. The molecule has 1 aliphatic carbocycles. The van der Waals surface area contributed by atoms with E-state index in [4.69, 9.17) is 0 Å². The first-order chi connectivity index (χ1) is 9.61. The molecule has 20 heavy (non-hydrogen) atoms. The minimum Gasteiger partial charge on any atom is -0.478 e. The zero-order chi connectivity index (χ0) is 14.3. The largest absolute Gasteiger partial charge is 0.478 e. The van der Waals surface area contributed by atoms with Gasteiger partial charge in [0.25, 0.3) is 0 Å². The number of carboxylic acids is 2. The van der Waals surface area contributed by atoms with Crippen molar-refractivity contribution in [1.29, 1.82) is 0 Å². The van der Waals surface area contributed by atoms with Crippen molar-refractivity contribution in [3.05, 3.63) is 46.8 Å². The van der Waals surface area contributed by atoms with Crippen LogP contribution in [0.1, 0.15) is 44.9 Å². The summed E-state index contributed by atoms with van der Waals surface area (Å²) in [5.41, 5.74) is 1.72. The molecule has 0 fully saturated rings. The molecular weight excluding hydrogens is 258 g/mol. The average molecular weight is 271 g/mol. The van der Waals surface area contributed by atoms with Crippen molar-refractivity contribution in [1.82, 2.24) is 4.57 Å². The van der Waals surface area contributed by atoms with Gasteiger partial charge in [-0.25, -0.2) is 9.59 Å². The van der Waals surface area contributed by atoms with Crippen LogP contribution in [0.5, 0.6) is 0 Å². The van der Waals surface area contributed by atoms with E-state index in [1.807, 2.05) is 24.3 Å². The first-order valence-electron chi connectivity index (χ1n) is 6.37. The molecule has 0 amide bonds. The second kappa shape index (κ2) is 4.52. The molecule has 0 saturated heterocycles. The average Bonchev–Trinajstić information content (AvgIpc) is 2.97. The summed E-state index contributed by atoms with van der Waals surface area (Å²) in [4.78, 5) is 23.0. The minimum atomic E-state index is -1.19. The fourth-order valence-electron chi connectivity index (χ4n) is 2.83. The molecule has 0 saturated carbocycles. The number of carboxylic acid groups (broad SMARTS) is 2. The molecule has 2 N–H and O–H groups in total. The number of hydrogen-bond donors (Lipinski definition) is 2. The Labute approximate surface area is 115 Å². The molecule has 0 atom stereocenters. The summed E-state index contributed by atoms with van der Waals surface area (Å²) in [6.45, 7) is 0. The van der Waals surface area contributed by atoms with Gasteiger partial charge < -0.3 is 14.8 Å². The van der Waals surface area contributed by atoms with Crippen LogP contribution in [0.15, 0.2) is 24.3 Å². The molecule has 0 bridgehead atoms. The third-order valence-corrected chi connectivity index (χ3v) is 3.62. The van der Waals surface area contributed by atoms with Crippen molar-refractivity contribution in [3.63, 3.8) is 0 Å². The Morgan fingerprint density at radius 3 is 2.45 bits per heavy atom. The van der Waals surface area contributed by atoms with Crippen LogP contribution in [0.2, 0.25) is 0 Å². The van der Waals surface area contributed by atoms with Gasteiger partial charge >= 0.3 is 11.9 Å². The Hall–Kier alpha value is -2.56. The van der Waals surface area contributed by atoms with Gasteiger partial charge in [0.1, 0.15) is 5.56 Å². The third kappa shape index (κ3) is 1.71. The lowest BCUT2D eigenvalue weighted by Crippen LogP contribution is -2.09. The van der Waals surface area contributed by atoms with Crippen LogP contribution in [0.25, 0.3) is 11.8 Å². The normalized spacial score (nSPS) is 16.1. The summed E-state index contributed by atoms with van der Waals surface area (Å²) in [5.74, 6) is -2.38. The highest BCUT2D eigenvalue weighted by molar-refractivity contribution is 6.07. The van der Waals surface area contributed by atoms with Gasteiger partial charge in [-0.1, -0.05) is 24.3 Å². The van der Waals surface area contributed by atoms with Gasteiger partial charge in [-0.3, -0.25) is 0 Å². The van der Waals surface area contributed by atoms with Gasteiger partial charge in [-0.05, 0) is 18.4 Å². The summed E-state index contributed by atoms with van der Waals surface area (Å²) in [6, 6.07) is 0. The molecule has 1 aromatic rings. The molecule has 2 aliphatic rings. The molecule has 2 heterocycles. The highest BCUT2D eigenvalue weighted by Crippen LogP contribution is 2.35. The first-order valence-corrected chi connectivity index (χ1v) is 6.37. The maximum atomic E-state index is 11.5. The molecule has 0 unspecified atom stereocenters. The van der Waals surface area contributed by atoms with Crippen LogP contribution in [-0.2, 0) is 6.42 Å². The monoisotopic (exact) mass is 271 g/mol. The Morgan fingerprint density at radius 2 is 1.85 bits per heavy atom. The first kappa shape index (κ1) is 12.5. The van der Waals surface area contributed by atoms with Crippen LogP contribution < -0.4 is 0 Å². The van der Waals surface area contributed by atoms with Crippen molar-refractivity contribution in [2.45, 2.75) is 19.3 Å². The van der Waals surface area contributed by atoms with E-state index in [0.717, 1.165) is 12.0 Å². The predicted octanol–water partition coefficient (Wildman–Crippen LogP) is 2.64. The van der Waals surface area contributed by atoms with E-state index in [1.54, 1.807) is 10.8 Å². The second-order valence-electron chi connectivity index (χ2n) is 4.77. The lowest BCUT2D eigenvalue weighted by atomic mass is 9.97. The smallest absolute Gasteiger partial charge is 0.338 e. The molecule has 1 aromatic heterocycles. The van der Waals surface area contributed by atoms with Crippen molar-refractivity contribution < 1.29 is 19.8 Å². The summed E-state index contributed by atoms with van der Waals surface area (Å²) in [5, 5.41) is 18.8. The maximum absolute atomic E-state index is 11.5. The van der Waals surface area contributed by atoms with Gasteiger partial charge in [0, 0.05) is 18.3 Å². The van der Waals surface area contributed by atoms with Gasteiger partial charge in [-0.2, -0.15) is 0 Å². The number of aromatic carboxylic acids is 2. The Morgan fingerprint density at radius 1 is 1.10 bits per heavy atom. The zero-order valence-corrected chi connectivity index (χ0v) is 10.7. The Bertz CT molecular complexity index is 704. The van der Waals surface area contributed by atoms with Gasteiger partial charge in [0.05, 0.1) is 11.3 Å². The number of allylic oxidation sites excluding steroid dienone is 5. The van der Waals surface area contributed by atoms with Crippen LogP contribution in [-0.4, -0.2) is 26.7 Å². The summed E-state index contributed by atoms with van der Waals surface area (Å²) >= 11 is 0. The lowest BCUT2D eigenvalue weighted by Gasteiger charge is -2.12. The number of rotatable bonds is 3. The minimum absolute atomic E-state index is 0.0899. The van der Waals surface area contributed by atoms with Crippen LogP contribution in [0, 0.1) is 0 Å². The number of hydrogen-bond acceptors (Lipinski definition) is 2. The predicted molar refractivity (Wildman–Crippen MR) is 73.7 cm³/mol. The molecule has 0 radical (unpaired) electrons. The molecule has 5 nitrogen and oxygen atoms in total. The number of fused-ring (bicyclic) bond motifs is 1. The highest BCUT2D eigenvalue weighted by atomic mass is 16.4. The van der Waals surface area contributed by atoms with E-state index in [0.29, 0.717) is 24.2 Å². The van der Waals surface area contributed by atoms with E-state index in [2.05, 4.69) is 0 Å². The maximum Gasteiger partial charge on any atom is 0.338 e. The van der Waals surface area contributed by atoms with Crippen molar-refractivity contribution in [3.8, 4) is 0 Å². The molecule has 102 valence electrons. The fraction of sp³-hybridized carbons (Fsp3) is 0.200. The summed E-state index contributed by atoms with van der Waals surface area (Å²) in [6.07, 6.45) is 11.3. The van der Waals surface area contributed by atoms with E-state index in [9.17, 15) is 19.8 Å². The number of aromatic nitrogens is 1. The Kier molecular flexibility index (Phi) is 2.82. The van der Waals surface area contributed by atoms with Crippen molar-refractivity contribution >= 4 is 23.7 Å². The molecule has 0 spiro atoms. The van der Waals surface area contributed by atoms with Crippen LogP contribution >= 0.6 is 0 Å². The van der Waals surface area contributed by atoms with E-state index < -0.39 is 11.9 Å². The van der Waals surface area contributed by atoms with Crippen molar-refractivity contribution in [2.75, 3.05) is 0 Å². The van der Waals surface area contributed by atoms with E-state index >= 15 is 0 Å². The topological polar surface area (TPSA) is 79.5 Å². The van der Waals surface area contributed by atoms with Gasteiger partial charge in [-0.15, -0.1) is 0 Å². The van der Waals surface area contributed by atoms with Gasteiger partial charge in [0.15, 0.2) is 0 Å². The molecule has 1 aliphatic heterocycles. The van der Waals surface area contributed by atoms with Crippen LogP contribution in [0.3, 0.4) is 0 Å². The molecule has 0 aromatic carbocycles. The van der Waals surface area contributed by atoms with E-state index in [1.165, 1.54) is 0 Å². The number of nitrogens with zero attached hydrogens (tertiary/aromatic N) is 1. The molecule has 3 rings (SSSR count). The van der Waals surface area contributed by atoms with Crippen LogP contribution in [0.4, 0.5) is 0 Å². The lowest BCUT2D eigenvalue weighted by molar-refractivity contribution is 0.0652. The summed E-state index contributed by atoms with van der Waals surface area (Å²) < 4.78 is 1.71. The van der Waals surface area contributed by atoms with E-state index in [-0.39, 0.29) is 11.1 Å². The second-order valence-corrected chi connectivity index (χ2v) is 4.77. The zero-order valence-electron chi connectivity index (χ0n) is 10.7. The van der Waals surface area contributed by atoms with Gasteiger partial charge in [0.2, 0.25) is 0 Å². The quantitative estimate of drug-likeness (QED) is 0.885. The standard InChI is InChI=1S/C15H13NO4/c17-14(18)11-10-7-4-8-16(10)13(12(11)15(19)20)9-5-2-1-3-6-9/h1-2,4-5,8H,3,6-7H2,(H,17,18)(H,19,20).